The number of hydrogen-bond donors (Lipinski definition) is 1. The molecule has 1 aliphatic carbocycles. The lowest BCUT2D eigenvalue weighted by Gasteiger charge is -2.44. The van der Waals surface area contributed by atoms with Crippen LogP contribution in [0, 0.1) is 17.8 Å². The second-order valence-corrected chi connectivity index (χ2v) is 5.78. The van der Waals surface area contributed by atoms with Gasteiger partial charge in [-0.25, -0.2) is 0 Å². The Morgan fingerprint density at radius 3 is 2.69 bits per heavy atom. The summed E-state index contributed by atoms with van der Waals surface area (Å²) in [6, 6.07) is 0. The third-order valence-electron chi connectivity index (χ3n) is 4.06. The van der Waals surface area contributed by atoms with Gasteiger partial charge < -0.3 is 14.6 Å². The lowest BCUT2D eigenvalue weighted by Crippen LogP contribution is -2.47. The van der Waals surface area contributed by atoms with Crippen molar-refractivity contribution in [2.75, 3.05) is 13.2 Å². The van der Waals surface area contributed by atoms with Gasteiger partial charge in [0.15, 0.2) is 5.79 Å². The monoisotopic (exact) mass is 228 g/mol. The summed E-state index contributed by atoms with van der Waals surface area (Å²) in [5.74, 6) is 1.30. The largest absolute Gasteiger partial charge is 0.394 e. The van der Waals surface area contributed by atoms with Crippen LogP contribution in [-0.4, -0.2) is 30.2 Å². The molecule has 1 spiro atoms. The normalized spacial score (nSPS) is 44.4. The summed E-state index contributed by atoms with van der Waals surface area (Å²) in [5, 5.41) is 9.17. The standard InChI is InChI=1S/C13H24O3/c1-9(2)12-5-4-10(3)6-13(12)15-8-11(7-14)16-13/h9-12,14H,4-8H2,1-3H3/t10-,11?,12+,13+/m1/s1. The minimum absolute atomic E-state index is 0.0704. The van der Waals surface area contributed by atoms with Gasteiger partial charge in [0.2, 0.25) is 0 Å². The third kappa shape index (κ3) is 2.13. The van der Waals surface area contributed by atoms with E-state index in [1.54, 1.807) is 0 Å². The first-order valence-electron chi connectivity index (χ1n) is 6.50. The maximum absolute atomic E-state index is 9.17. The Morgan fingerprint density at radius 2 is 2.12 bits per heavy atom. The van der Waals surface area contributed by atoms with Crippen LogP contribution in [0.25, 0.3) is 0 Å². The molecule has 1 aliphatic heterocycles. The zero-order chi connectivity index (χ0) is 11.8. The van der Waals surface area contributed by atoms with Gasteiger partial charge in [-0.3, -0.25) is 0 Å². The predicted molar refractivity (Wildman–Crippen MR) is 62.0 cm³/mol. The molecule has 0 aromatic carbocycles. The van der Waals surface area contributed by atoms with Crippen LogP contribution in [0.5, 0.6) is 0 Å². The van der Waals surface area contributed by atoms with E-state index in [0.29, 0.717) is 24.4 Å². The molecule has 94 valence electrons. The molecule has 1 saturated carbocycles. The van der Waals surface area contributed by atoms with E-state index >= 15 is 0 Å². The molecule has 1 saturated heterocycles. The van der Waals surface area contributed by atoms with E-state index in [4.69, 9.17) is 14.6 Å². The highest BCUT2D eigenvalue weighted by Crippen LogP contribution is 2.47. The summed E-state index contributed by atoms with van der Waals surface area (Å²) in [7, 11) is 0. The van der Waals surface area contributed by atoms with Crippen LogP contribution in [0.1, 0.15) is 40.0 Å². The van der Waals surface area contributed by atoms with E-state index in [0.717, 1.165) is 6.42 Å². The van der Waals surface area contributed by atoms with Gasteiger partial charge in [-0.15, -0.1) is 0 Å². The van der Waals surface area contributed by atoms with Gasteiger partial charge in [-0.05, 0) is 18.3 Å². The zero-order valence-electron chi connectivity index (χ0n) is 10.6. The molecule has 0 bridgehead atoms. The average molecular weight is 228 g/mol. The second kappa shape index (κ2) is 4.63. The molecule has 0 radical (unpaired) electrons. The van der Waals surface area contributed by atoms with E-state index in [9.17, 15) is 0 Å². The van der Waals surface area contributed by atoms with Crippen LogP contribution < -0.4 is 0 Å². The Labute approximate surface area is 98.1 Å². The van der Waals surface area contributed by atoms with Crippen molar-refractivity contribution < 1.29 is 14.6 Å². The van der Waals surface area contributed by atoms with Crippen molar-refractivity contribution in [3.63, 3.8) is 0 Å². The van der Waals surface area contributed by atoms with E-state index in [1.165, 1.54) is 12.8 Å². The quantitative estimate of drug-likeness (QED) is 0.787. The van der Waals surface area contributed by atoms with Crippen LogP contribution in [0.2, 0.25) is 0 Å². The zero-order valence-corrected chi connectivity index (χ0v) is 10.6. The smallest absolute Gasteiger partial charge is 0.172 e. The fourth-order valence-electron chi connectivity index (χ4n) is 3.24. The van der Waals surface area contributed by atoms with E-state index < -0.39 is 5.79 Å². The number of hydrogen-bond acceptors (Lipinski definition) is 3. The molecule has 1 unspecified atom stereocenters. The number of aliphatic hydroxyl groups excluding tert-OH is 1. The average Bonchev–Trinajstić information content (AvgIpc) is 2.61. The molecule has 4 atom stereocenters. The van der Waals surface area contributed by atoms with Gasteiger partial charge in [-0.1, -0.05) is 27.2 Å². The Balaban J connectivity index is 2.13. The van der Waals surface area contributed by atoms with Gasteiger partial charge in [0, 0.05) is 12.3 Å². The molecule has 1 heterocycles. The Kier molecular flexibility index (Phi) is 3.57. The highest BCUT2D eigenvalue weighted by molar-refractivity contribution is 4.92. The van der Waals surface area contributed by atoms with Gasteiger partial charge in [0.1, 0.15) is 6.10 Å². The summed E-state index contributed by atoms with van der Waals surface area (Å²) in [4.78, 5) is 0. The Morgan fingerprint density at radius 1 is 1.38 bits per heavy atom. The van der Waals surface area contributed by atoms with Crippen molar-refractivity contribution in [2.24, 2.45) is 17.8 Å². The summed E-state index contributed by atoms with van der Waals surface area (Å²) in [6.45, 7) is 7.35. The van der Waals surface area contributed by atoms with Crippen LogP contribution in [0.4, 0.5) is 0 Å². The van der Waals surface area contributed by atoms with Crippen LogP contribution in [0.15, 0.2) is 0 Å². The molecule has 1 N–H and O–H groups in total. The number of ether oxygens (including phenoxy) is 2. The number of aliphatic hydroxyl groups is 1. The van der Waals surface area contributed by atoms with Gasteiger partial charge in [-0.2, -0.15) is 0 Å². The van der Waals surface area contributed by atoms with Gasteiger partial charge in [0.25, 0.3) is 0 Å². The highest BCUT2D eigenvalue weighted by atomic mass is 16.7. The van der Waals surface area contributed by atoms with Crippen molar-refractivity contribution in [1.29, 1.82) is 0 Å². The van der Waals surface area contributed by atoms with Crippen LogP contribution in [-0.2, 0) is 9.47 Å². The summed E-state index contributed by atoms with van der Waals surface area (Å²) in [5.41, 5.74) is 0. The lowest BCUT2D eigenvalue weighted by atomic mass is 9.73. The maximum atomic E-state index is 9.17. The fourth-order valence-corrected chi connectivity index (χ4v) is 3.24. The minimum atomic E-state index is -0.404. The van der Waals surface area contributed by atoms with Crippen molar-refractivity contribution in [3.05, 3.63) is 0 Å². The van der Waals surface area contributed by atoms with Gasteiger partial charge >= 0.3 is 0 Å². The highest BCUT2D eigenvalue weighted by Gasteiger charge is 2.51. The first-order chi connectivity index (χ1) is 7.57. The molecule has 3 nitrogen and oxygen atoms in total. The molecule has 3 heteroatoms. The summed E-state index contributed by atoms with van der Waals surface area (Å²) < 4.78 is 12.0. The third-order valence-corrected chi connectivity index (χ3v) is 4.06. The molecule has 16 heavy (non-hydrogen) atoms. The molecule has 0 aromatic heterocycles. The molecule has 0 amide bonds. The van der Waals surface area contributed by atoms with E-state index in [-0.39, 0.29) is 12.7 Å². The molecular formula is C13H24O3. The topological polar surface area (TPSA) is 38.7 Å². The predicted octanol–water partition coefficient (Wildman–Crippen LogP) is 2.18. The summed E-state index contributed by atoms with van der Waals surface area (Å²) in [6.07, 6.45) is 3.30. The Bertz CT molecular complexity index is 241. The fraction of sp³-hybridized carbons (Fsp3) is 1.00. The van der Waals surface area contributed by atoms with Crippen molar-refractivity contribution in [3.8, 4) is 0 Å². The molecule has 2 aliphatic rings. The van der Waals surface area contributed by atoms with Crippen molar-refractivity contribution in [2.45, 2.75) is 51.9 Å². The van der Waals surface area contributed by atoms with Crippen molar-refractivity contribution in [1.82, 2.24) is 0 Å². The first kappa shape index (κ1) is 12.3. The minimum Gasteiger partial charge on any atom is -0.394 e. The first-order valence-corrected chi connectivity index (χ1v) is 6.50. The lowest BCUT2D eigenvalue weighted by molar-refractivity contribution is -0.240. The van der Waals surface area contributed by atoms with Crippen LogP contribution in [0.3, 0.4) is 0 Å². The molecule has 2 rings (SSSR count). The van der Waals surface area contributed by atoms with Crippen molar-refractivity contribution >= 4 is 0 Å². The van der Waals surface area contributed by atoms with Gasteiger partial charge in [0.05, 0.1) is 13.2 Å². The molecule has 2 fully saturated rings. The Hall–Kier alpha value is -0.120. The SMILES string of the molecule is CC(C)[C@@H]1CC[C@@H](C)C[C@@]12OCC(CO)O2. The number of rotatable bonds is 2. The molecular weight excluding hydrogens is 204 g/mol. The summed E-state index contributed by atoms with van der Waals surface area (Å²) >= 11 is 0. The molecule has 0 aromatic rings. The second-order valence-electron chi connectivity index (χ2n) is 5.78. The van der Waals surface area contributed by atoms with E-state index in [2.05, 4.69) is 20.8 Å². The van der Waals surface area contributed by atoms with E-state index in [1.807, 2.05) is 0 Å². The van der Waals surface area contributed by atoms with Crippen LogP contribution >= 0.6 is 0 Å². The maximum Gasteiger partial charge on any atom is 0.172 e.